The molecule has 0 bridgehead atoms. The number of amides is 5. The topological polar surface area (TPSA) is 275 Å². The van der Waals surface area contributed by atoms with Gasteiger partial charge in [-0.05, 0) is 64.3 Å². The molecule has 68 heavy (non-hydrogen) atoms. The second-order valence-corrected chi connectivity index (χ2v) is 15.8. The van der Waals surface area contributed by atoms with E-state index in [1.165, 1.54) is 19.2 Å². The number of ether oxygens (including phenoxy) is 2. The molecule has 1 aliphatic heterocycles. The number of nitrogens with two attached hydrogens (primary N) is 1. The summed E-state index contributed by atoms with van der Waals surface area (Å²) >= 11 is 0. The Morgan fingerprint density at radius 2 is 1.44 bits per heavy atom. The van der Waals surface area contributed by atoms with Crippen molar-refractivity contribution in [3.8, 4) is 11.5 Å². The van der Waals surface area contributed by atoms with Crippen molar-refractivity contribution in [2.75, 3.05) is 24.4 Å². The van der Waals surface area contributed by atoms with Gasteiger partial charge in [-0.1, -0.05) is 32.9 Å². The van der Waals surface area contributed by atoms with Crippen LogP contribution >= 0.6 is 0 Å². The lowest BCUT2D eigenvalue weighted by Gasteiger charge is -2.14. The molecule has 4 heterocycles. The molecule has 0 saturated carbocycles. The number of anilines is 2. The van der Waals surface area contributed by atoms with Crippen LogP contribution in [0.15, 0.2) is 57.1 Å². The summed E-state index contributed by atoms with van der Waals surface area (Å²) in [5, 5.41) is 6.22. The molecule has 4 N–H and O–H groups in total. The summed E-state index contributed by atoms with van der Waals surface area (Å²) in [5.74, 6) is -2.93. The molecule has 0 spiro atoms. The van der Waals surface area contributed by atoms with Crippen LogP contribution in [0.5, 0.6) is 11.5 Å². The molecule has 21 heteroatoms. The third kappa shape index (κ3) is 11.0. The quantitative estimate of drug-likeness (QED) is 0.0181. The third-order valence-corrected chi connectivity index (χ3v) is 10.7. The molecule has 358 valence electrons. The van der Waals surface area contributed by atoms with Gasteiger partial charge in [0, 0.05) is 67.4 Å². The normalized spacial score (nSPS) is 13.0. The van der Waals surface area contributed by atoms with Crippen molar-refractivity contribution in [1.29, 1.82) is 0 Å². The van der Waals surface area contributed by atoms with E-state index < -0.39 is 35.5 Å². The van der Waals surface area contributed by atoms with E-state index in [0.717, 1.165) is 5.71 Å². The number of carbonyl (C=O) groups is 7. The zero-order valence-electron chi connectivity index (χ0n) is 39.2. The number of hydrogen-bond acceptors (Lipinski definition) is 15. The van der Waals surface area contributed by atoms with Crippen LogP contribution < -0.4 is 25.8 Å². The van der Waals surface area contributed by atoms with Gasteiger partial charge in [0.05, 0.1) is 36.9 Å². The number of aliphatic imine (C=N–C) groups is 1. The first-order valence-corrected chi connectivity index (χ1v) is 22.1. The second kappa shape index (κ2) is 21.6. The SMILES string of the molecule is CCC(=O)c1cc(OC)c2c(c1)nc(NC(=O)c1oc(C)nc1CC)n2C/C=C/Cn1c(NC(=O)/C(C)=C(\CC)N=C(C)C)nc2cc(C(N)=O)cc(OCCCC(=O)ON3C(=O)CCC3=O)c21. The van der Waals surface area contributed by atoms with Gasteiger partial charge in [-0.15, -0.1) is 5.06 Å². The summed E-state index contributed by atoms with van der Waals surface area (Å²) in [5.41, 5.74) is 9.80. The fourth-order valence-corrected chi connectivity index (χ4v) is 7.41. The van der Waals surface area contributed by atoms with Crippen molar-refractivity contribution in [2.45, 2.75) is 107 Å². The van der Waals surface area contributed by atoms with Crippen molar-refractivity contribution < 1.29 is 52.3 Å². The molecule has 5 amide bonds. The summed E-state index contributed by atoms with van der Waals surface area (Å²) in [4.78, 5) is 113. The minimum atomic E-state index is -0.814. The molecule has 21 nitrogen and oxygen atoms in total. The maximum absolute atomic E-state index is 13.9. The van der Waals surface area contributed by atoms with Crippen LogP contribution in [0.25, 0.3) is 22.1 Å². The maximum atomic E-state index is 13.9. The van der Waals surface area contributed by atoms with Crippen molar-refractivity contribution >= 4 is 81.0 Å². The number of oxazole rings is 1. The lowest BCUT2D eigenvalue weighted by molar-refractivity contribution is -0.197. The van der Waals surface area contributed by atoms with Crippen LogP contribution in [0.1, 0.15) is 123 Å². The van der Waals surface area contributed by atoms with Gasteiger partial charge in [-0.2, -0.15) is 0 Å². The zero-order chi connectivity index (χ0) is 49.4. The molecule has 0 radical (unpaired) electrons. The highest BCUT2D eigenvalue weighted by molar-refractivity contribution is 6.06. The van der Waals surface area contributed by atoms with Crippen LogP contribution in [-0.2, 0) is 43.5 Å². The molecule has 0 unspecified atom stereocenters. The molecule has 3 aromatic heterocycles. The molecule has 5 aromatic rings. The van der Waals surface area contributed by atoms with Crippen molar-refractivity contribution in [3.05, 3.63) is 76.2 Å². The molecule has 1 saturated heterocycles. The zero-order valence-corrected chi connectivity index (χ0v) is 39.2. The van der Waals surface area contributed by atoms with Gasteiger partial charge in [-0.3, -0.25) is 44.4 Å². The number of methoxy groups -OCH3 is 1. The van der Waals surface area contributed by atoms with Gasteiger partial charge in [0.15, 0.2) is 11.7 Å². The molecular weight excluding hydrogens is 881 g/mol. The van der Waals surface area contributed by atoms with Gasteiger partial charge in [-0.25, -0.2) is 19.7 Å². The Balaban J connectivity index is 1.38. The number of allylic oxidation sites excluding steroid dienone is 3. The highest BCUT2D eigenvalue weighted by Crippen LogP contribution is 2.34. The number of Topliss-reactive ketones (excluding diaryl/α,β-unsaturated/α-hetero) is 1. The molecular formula is C47H54N10O11. The lowest BCUT2D eigenvalue weighted by Crippen LogP contribution is -2.32. The van der Waals surface area contributed by atoms with E-state index in [4.69, 9.17) is 34.4 Å². The fourth-order valence-electron chi connectivity index (χ4n) is 7.41. The van der Waals surface area contributed by atoms with Crippen LogP contribution in [0.2, 0.25) is 0 Å². The number of carbonyl (C=O) groups excluding carboxylic acids is 7. The lowest BCUT2D eigenvalue weighted by atomic mass is 10.1. The number of imidazole rings is 2. The first-order chi connectivity index (χ1) is 32.5. The van der Waals surface area contributed by atoms with E-state index >= 15 is 0 Å². The van der Waals surface area contributed by atoms with Gasteiger partial charge in [0.1, 0.15) is 22.5 Å². The standard InChI is InChI=1S/C47H54N10O11/c1-9-30(49-25(4)5)26(6)44(63)53-46-52-33-22-29(43(48)62)24-36(66-20-14-15-39(61)68-57-37(59)16-17-38(57)60)41(33)56(46)19-13-12-18-55-40-32(21-28(34(58)11-3)23-35(40)65-8)51-47(55)54-45(64)42-31(10-2)50-27(7)67-42/h12-13,21-24H,9-11,14-20H2,1-8H3,(H2,48,62)(H,51,54,64)(H,52,53,63)/b13-12+,30-26+. The summed E-state index contributed by atoms with van der Waals surface area (Å²) in [6, 6.07) is 6.14. The molecule has 2 aromatic carbocycles. The second-order valence-electron chi connectivity index (χ2n) is 15.8. The number of benzene rings is 2. The number of rotatable bonds is 21. The minimum absolute atomic E-state index is 0.0369. The van der Waals surface area contributed by atoms with Gasteiger partial charge >= 0.3 is 5.97 Å². The van der Waals surface area contributed by atoms with Crippen LogP contribution in [-0.4, -0.2) is 89.9 Å². The van der Waals surface area contributed by atoms with E-state index in [2.05, 4.69) is 20.6 Å². The molecule has 1 fully saturated rings. The molecule has 6 rings (SSSR count). The predicted molar refractivity (Wildman–Crippen MR) is 249 cm³/mol. The summed E-state index contributed by atoms with van der Waals surface area (Å²) in [6.45, 7) is 12.5. The largest absolute Gasteiger partial charge is 0.494 e. The number of hydroxylamine groups is 2. The minimum Gasteiger partial charge on any atom is -0.494 e. The predicted octanol–water partition coefficient (Wildman–Crippen LogP) is 6.32. The van der Waals surface area contributed by atoms with Crippen LogP contribution in [0.3, 0.4) is 0 Å². The van der Waals surface area contributed by atoms with E-state index in [1.807, 2.05) is 27.7 Å². The number of nitrogens with one attached hydrogen (secondary N) is 2. The number of primary amides is 1. The Labute approximate surface area is 390 Å². The van der Waals surface area contributed by atoms with Crippen molar-refractivity contribution in [1.82, 2.24) is 29.1 Å². The number of aryl methyl sites for hydroxylation is 2. The first kappa shape index (κ1) is 49.5. The summed E-state index contributed by atoms with van der Waals surface area (Å²) < 4.78 is 21.0. The van der Waals surface area contributed by atoms with Gasteiger partial charge in [0.2, 0.25) is 23.6 Å². The van der Waals surface area contributed by atoms with E-state index in [1.54, 1.807) is 54.2 Å². The maximum Gasteiger partial charge on any atom is 0.333 e. The van der Waals surface area contributed by atoms with Gasteiger partial charge in [0.25, 0.3) is 23.6 Å². The molecule has 1 aliphatic rings. The Morgan fingerprint density at radius 3 is 2.01 bits per heavy atom. The number of aromatic nitrogens is 5. The molecule has 0 atom stereocenters. The van der Waals surface area contributed by atoms with Crippen LogP contribution in [0.4, 0.5) is 11.9 Å². The Morgan fingerprint density at radius 1 is 0.838 bits per heavy atom. The third-order valence-electron chi connectivity index (χ3n) is 10.7. The number of nitrogens with zero attached hydrogens (tertiary/aromatic N) is 7. The van der Waals surface area contributed by atoms with E-state index in [-0.39, 0.29) is 92.1 Å². The van der Waals surface area contributed by atoms with Gasteiger partial charge < -0.3 is 33.6 Å². The Bertz CT molecular complexity index is 2920. The monoisotopic (exact) mass is 934 g/mol. The first-order valence-electron chi connectivity index (χ1n) is 22.1. The summed E-state index contributed by atoms with van der Waals surface area (Å²) in [7, 11) is 1.47. The smallest absolute Gasteiger partial charge is 0.333 e. The Kier molecular flexibility index (Phi) is 15.7. The number of imide groups is 1. The molecule has 0 aliphatic carbocycles. The van der Waals surface area contributed by atoms with E-state index in [9.17, 15) is 33.6 Å². The highest BCUT2D eigenvalue weighted by atomic mass is 16.7. The number of ketones is 1. The highest BCUT2D eigenvalue weighted by Gasteiger charge is 2.33. The number of hydrogen-bond donors (Lipinski definition) is 3. The fraction of sp³-hybridized carbons (Fsp3) is 0.383. The summed E-state index contributed by atoms with van der Waals surface area (Å²) in [6.07, 6.45) is 4.51. The van der Waals surface area contributed by atoms with Crippen molar-refractivity contribution in [2.24, 2.45) is 10.7 Å². The average molecular weight is 935 g/mol. The van der Waals surface area contributed by atoms with E-state index in [0.29, 0.717) is 68.6 Å². The van der Waals surface area contributed by atoms with Crippen molar-refractivity contribution in [3.63, 3.8) is 0 Å². The number of fused-ring (bicyclic) bond motifs is 2. The Hall–Kier alpha value is -7.97. The average Bonchev–Trinajstić information content (AvgIpc) is 4.06. The van der Waals surface area contributed by atoms with Crippen LogP contribution in [0, 0.1) is 6.92 Å².